The minimum atomic E-state index is -0.903. The first-order valence-electron chi connectivity index (χ1n) is 6.83. The highest BCUT2D eigenvalue weighted by molar-refractivity contribution is 6.06. The summed E-state index contributed by atoms with van der Waals surface area (Å²) in [6.07, 6.45) is 0.701. The Morgan fingerprint density at radius 2 is 1.95 bits per heavy atom. The van der Waals surface area contributed by atoms with E-state index in [2.05, 4.69) is 5.32 Å². The SMILES string of the molecule is CCC1(O)CN(C(=O)CCN2C(=O)NC(C)(C)C2=O)C1. The summed E-state index contributed by atoms with van der Waals surface area (Å²) in [6, 6.07) is -0.457. The van der Waals surface area contributed by atoms with Crippen LogP contribution in [0.1, 0.15) is 33.6 Å². The normalized spacial score (nSPS) is 23.6. The maximum Gasteiger partial charge on any atom is 0.325 e. The number of hydrogen-bond acceptors (Lipinski definition) is 4. The number of urea groups is 1. The van der Waals surface area contributed by atoms with Crippen molar-refractivity contribution >= 4 is 17.8 Å². The minimum absolute atomic E-state index is 0.0774. The molecule has 2 rings (SSSR count). The number of hydrogen-bond donors (Lipinski definition) is 2. The maximum absolute atomic E-state index is 11.9. The molecule has 4 amide bonds. The second-order valence-corrected chi connectivity index (χ2v) is 6.09. The van der Waals surface area contributed by atoms with Crippen molar-refractivity contribution in [2.24, 2.45) is 0 Å². The standard InChI is InChI=1S/C13H21N3O4/c1-4-13(20)7-15(8-13)9(17)5-6-16-10(18)12(2,3)14-11(16)19/h20H,4-8H2,1-3H3,(H,14,19). The van der Waals surface area contributed by atoms with Gasteiger partial charge in [0.1, 0.15) is 5.54 Å². The molecule has 7 nitrogen and oxygen atoms in total. The van der Waals surface area contributed by atoms with Crippen LogP contribution in [0.3, 0.4) is 0 Å². The summed E-state index contributed by atoms with van der Waals surface area (Å²) in [5, 5.41) is 12.4. The van der Waals surface area contributed by atoms with E-state index in [9.17, 15) is 19.5 Å². The lowest BCUT2D eigenvalue weighted by Gasteiger charge is -2.46. The smallest absolute Gasteiger partial charge is 0.325 e. The van der Waals surface area contributed by atoms with Crippen LogP contribution in [-0.4, -0.2) is 63.5 Å². The number of amides is 4. The third-order valence-corrected chi connectivity index (χ3v) is 3.97. The van der Waals surface area contributed by atoms with E-state index >= 15 is 0 Å². The van der Waals surface area contributed by atoms with Crippen molar-refractivity contribution in [2.75, 3.05) is 19.6 Å². The van der Waals surface area contributed by atoms with E-state index in [-0.39, 0.29) is 24.8 Å². The van der Waals surface area contributed by atoms with E-state index in [4.69, 9.17) is 0 Å². The van der Waals surface area contributed by atoms with Crippen LogP contribution >= 0.6 is 0 Å². The van der Waals surface area contributed by atoms with Gasteiger partial charge < -0.3 is 15.3 Å². The molecule has 0 radical (unpaired) electrons. The molecule has 2 aliphatic rings. The Balaban J connectivity index is 1.83. The molecule has 0 atom stereocenters. The topological polar surface area (TPSA) is 89.9 Å². The second-order valence-electron chi connectivity index (χ2n) is 6.09. The lowest BCUT2D eigenvalue weighted by atomic mass is 9.91. The summed E-state index contributed by atoms with van der Waals surface area (Å²) in [7, 11) is 0. The van der Waals surface area contributed by atoms with Crippen molar-refractivity contribution in [3.63, 3.8) is 0 Å². The molecule has 112 valence electrons. The van der Waals surface area contributed by atoms with Crippen LogP contribution in [0.25, 0.3) is 0 Å². The van der Waals surface area contributed by atoms with E-state index in [1.54, 1.807) is 18.7 Å². The highest BCUT2D eigenvalue weighted by Gasteiger charge is 2.45. The molecule has 2 saturated heterocycles. The largest absolute Gasteiger partial charge is 0.386 e. The fourth-order valence-electron chi connectivity index (χ4n) is 2.45. The molecule has 0 aromatic heterocycles. The van der Waals surface area contributed by atoms with Gasteiger partial charge in [0, 0.05) is 13.0 Å². The number of nitrogens with zero attached hydrogens (tertiary/aromatic N) is 2. The average Bonchev–Trinajstić information content (AvgIpc) is 2.52. The van der Waals surface area contributed by atoms with Crippen LogP contribution in [-0.2, 0) is 9.59 Å². The van der Waals surface area contributed by atoms with Crippen LogP contribution < -0.4 is 5.32 Å². The zero-order valence-electron chi connectivity index (χ0n) is 12.1. The Morgan fingerprint density at radius 3 is 2.40 bits per heavy atom. The van der Waals surface area contributed by atoms with Crippen LogP contribution in [0.4, 0.5) is 4.79 Å². The van der Waals surface area contributed by atoms with Crippen LogP contribution in [0.15, 0.2) is 0 Å². The summed E-state index contributed by atoms with van der Waals surface area (Å²) >= 11 is 0. The van der Waals surface area contributed by atoms with Gasteiger partial charge in [-0.1, -0.05) is 6.92 Å². The Labute approximate surface area is 117 Å². The van der Waals surface area contributed by atoms with Gasteiger partial charge in [-0.3, -0.25) is 14.5 Å². The third kappa shape index (κ3) is 2.49. The molecule has 0 bridgehead atoms. The lowest BCUT2D eigenvalue weighted by Crippen LogP contribution is -2.63. The van der Waals surface area contributed by atoms with Gasteiger partial charge in [-0.25, -0.2) is 4.79 Å². The molecular weight excluding hydrogens is 262 g/mol. The molecule has 0 spiro atoms. The van der Waals surface area contributed by atoms with Crippen molar-refractivity contribution < 1.29 is 19.5 Å². The van der Waals surface area contributed by atoms with Crippen LogP contribution in [0.2, 0.25) is 0 Å². The van der Waals surface area contributed by atoms with Gasteiger partial charge in [-0.05, 0) is 20.3 Å². The summed E-state index contributed by atoms with van der Waals surface area (Å²) in [6.45, 7) is 5.87. The number of aliphatic hydroxyl groups is 1. The summed E-state index contributed by atoms with van der Waals surface area (Å²) < 4.78 is 0. The van der Waals surface area contributed by atoms with E-state index in [1.165, 1.54) is 0 Å². The predicted molar refractivity (Wildman–Crippen MR) is 70.8 cm³/mol. The summed E-state index contributed by atoms with van der Waals surface area (Å²) in [5.74, 6) is -0.461. The number of likely N-dealkylation sites (tertiary alicyclic amines) is 1. The Kier molecular flexibility index (Phi) is 3.49. The van der Waals surface area contributed by atoms with E-state index in [0.29, 0.717) is 19.5 Å². The number of carbonyl (C=O) groups is 3. The van der Waals surface area contributed by atoms with Gasteiger partial charge in [0.15, 0.2) is 0 Å². The number of β-amino-alcohol motifs (C(OH)–C–C–N with tert-alkyl or cyclic N) is 1. The van der Waals surface area contributed by atoms with E-state index in [1.807, 2.05) is 6.92 Å². The highest BCUT2D eigenvalue weighted by atomic mass is 16.3. The molecule has 0 aromatic rings. The monoisotopic (exact) mass is 283 g/mol. The van der Waals surface area contributed by atoms with Gasteiger partial charge in [-0.15, -0.1) is 0 Å². The van der Waals surface area contributed by atoms with Crippen LogP contribution in [0, 0.1) is 0 Å². The molecule has 0 saturated carbocycles. The molecule has 0 unspecified atom stereocenters. The van der Waals surface area contributed by atoms with E-state index < -0.39 is 17.2 Å². The van der Waals surface area contributed by atoms with Crippen LogP contribution in [0.5, 0.6) is 0 Å². The first kappa shape index (κ1) is 14.8. The fraction of sp³-hybridized carbons (Fsp3) is 0.769. The molecule has 2 aliphatic heterocycles. The van der Waals surface area contributed by atoms with Crippen molar-refractivity contribution in [1.82, 2.24) is 15.1 Å². The zero-order valence-corrected chi connectivity index (χ0v) is 12.1. The Morgan fingerprint density at radius 1 is 1.35 bits per heavy atom. The Hall–Kier alpha value is -1.63. The van der Waals surface area contributed by atoms with Gasteiger partial charge in [0.05, 0.1) is 18.7 Å². The molecule has 20 heavy (non-hydrogen) atoms. The van der Waals surface area contributed by atoms with Crippen molar-refractivity contribution in [2.45, 2.75) is 44.8 Å². The number of rotatable bonds is 4. The molecule has 0 aliphatic carbocycles. The molecule has 2 N–H and O–H groups in total. The molecule has 7 heteroatoms. The highest BCUT2D eigenvalue weighted by Crippen LogP contribution is 2.25. The summed E-state index contributed by atoms with van der Waals surface area (Å²) in [4.78, 5) is 38.1. The van der Waals surface area contributed by atoms with Gasteiger partial charge in [0.2, 0.25) is 5.91 Å². The number of carbonyl (C=O) groups excluding carboxylic acids is 3. The number of imide groups is 1. The minimum Gasteiger partial charge on any atom is -0.386 e. The summed E-state index contributed by atoms with van der Waals surface area (Å²) in [5.41, 5.74) is -1.67. The fourth-order valence-corrected chi connectivity index (χ4v) is 2.45. The quantitative estimate of drug-likeness (QED) is 0.693. The first-order valence-corrected chi connectivity index (χ1v) is 6.83. The van der Waals surface area contributed by atoms with Gasteiger partial charge in [0.25, 0.3) is 5.91 Å². The average molecular weight is 283 g/mol. The third-order valence-electron chi connectivity index (χ3n) is 3.97. The molecule has 2 heterocycles. The predicted octanol–water partition coefficient (Wildman–Crippen LogP) is -0.310. The molecule has 0 aromatic carbocycles. The second kappa shape index (κ2) is 4.73. The Bertz CT molecular complexity index is 455. The zero-order chi connectivity index (χ0) is 15.1. The molecular formula is C13H21N3O4. The van der Waals surface area contributed by atoms with E-state index in [0.717, 1.165) is 4.90 Å². The van der Waals surface area contributed by atoms with Crippen molar-refractivity contribution in [3.8, 4) is 0 Å². The van der Waals surface area contributed by atoms with Gasteiger partial charge in [-0.2, -0.15) is 0 Å². The number of nitrogens with one attached hydrogen (secondary N) is 1. The van der Waals surface area contributed by atoms with Crippen molar-refractivity contribution in [3.05, 3.63) is 0 Å². The molecule has 2 fully saturated rings. The lowest BCUT2D eigenvalue weighted by molar-refractivity contribution is -0.156. The van der Waals surface area contributed by atoms with Crippen molar-refractivity contribution in [1.29, 1.82) is 0 Å². The van der Waals surface area contributed by atoms with Gasteiger partial charge >= 0.3 is 6.03 Å². The first-order chi connectivity index (χ1) is 9.18. The maximum atomic E-state index is 11.9.